The van der Waals surface area contributed by atoms with Crippen LogP contribution in [0.3, 0.4) is 0 Å². The Morgan fingerprint density at radius 1 is 1.35 bits per heavy atom. The highest BCUT2D eigenvalue weighted by Crippen LogP contribution is 2.14. The van der Waals surface area contributed by atoms with Crippen LogP contribution in [0, 0.1) is 0 Å². The highest BCUT2D eigenvalue weighted by atomic mass is 16.1. The van der Waals surface area contributed by atoms with Gasteiger partial charge in [0.15, 0.2) is 0 Å². The number of fused-ring (bicyclic) bond motifs is 1. The molecule has 0 saturated heterocycles. The number of nitrogens with zero attached hydrogens (tertiary/aromatic N) is 4. The SMILES string of the molecule is Cn1cc(CNC(=O)c2ccc3ncn(C)c3c2)cn1. The van der Waals surface area contributed by atoms with E-state index in [0.29, 0.717) is 12.1 Å². The maximum absolute atomic E-state index is 12.1. The number of nitrogens with one attached hydrogen (secondary N) is 1. The Kier molecular flexibility index (Phi) is 2.98. The molecule has 0 bridgehead atoms. The van der Waals surface area contributed by atoms with Gasteiger partial charge in [0.25, 0.3) is 5.91 Å². The molecule has 2 heterocycles. The third-order valence-electron chi connectivity index (χ3n) is 3.20. The van der Waals surface area contributed by atoms with E-state index >= 15 is 0 Å². The van der Waals surface area contributed by atoms with Crippen molar-refractivity contribution in [1.82, 2.24) is 24.6 Å². The minimum absolute atomic E-state index is 0.100. The summed E-state index contributed by atoms with van der Waals surface area (Å²) in [6.07, 6.45) is 5.36. The van der Waals surface area contributed by atoms with Crippen LogP contribution in [0.2, 0.25) is 0 Å². The second-order valence-electron chi connectivity index (χ2n) is 4.76. The molecule has 1 aromatic carbocycles. The van der Waals surface area contributed by atoms with Gasteiger partial charge in [-0.15, -0.1) is 0 Å². The molecule has 2 aromatic heterocycles. The van der Waals surface area contributed by atoms with E-state index < -0.39 is 0 Å². The molecule has 0 saturated carbocycles. The van der Waals surface area contributed by atoms with Crippen molar-refractivity contribution in [2.24, 2.45) is 14.1 Å². The van der Waals surface area contributed by atoms with E-state index in [9.17, 15) is 4.79 Å². The zero-order chi connectivity index (χ0) is 14.1. The number of carbonyl (C=O) groups is 1. The molecule has 0 aliphatic rings. The topological polar surface area (TPSA) is 64.7 Å². The zero-order valence-corrected chi connectivity index (χ0v) is 11.4. The summed E-state index contributed by atoms with van der Waals surface area (Å²) < 4.78 is 3.61. The van der Waals surface area contributed by atoms with Crippen LogP contribution in [0.25, 0.3) is 11.0 Å². The van der Waals surface area contributed by atoms with E-state index in [0.717, 1.165) is 16.6 Å². The van der Waals surface area contributed by atoms with Crippen LogP contribution in [-0.4, -0.2) is 25.2 Å². The van der Waals surface area contributed by atoms with E-state index in [-0.39, 0.29) is 5.91 Å². The summed E-state index contributed by atoms with van der Waals surface area (Å²) in [5, 5.41) is 6.95. The number of rotatable bonds is 3. The van der Waals surface area contributed by atoms with Gasteiger partial charge in [-0.3, -0.25) is 9.48 Å². The molecular weight excluding hydrogens is 254 g/mol. The van der Waals surface area contributed by atoms with E-state index in [2.05, 4.69) is 15.4 Å². The quantitative estimate of drug-likeness (QED) is 0.778. The van der Waals surface area contributed by atoms with Crippen molar-refractivity contribution in [2.45, 2.75) is 6.54 Å². The minimum atomic E-state index is -0.100. The average Bonchev–Trinajstić information content (AvgIpc) is 3.03. The van der Waals surface area contributed by atoms with Crippen LogP contribution < -0.4 is 5.32 Å². The summed E-state index contributed by atoms with van der Waals surface area (Å²) in [7, 11) is 3.76. The average molecular weight is 269 g/mol. The van der Waals surface area contributed by atoms with Crippen LogP contribution in [0.1, 0.15) is 15.9 Å². The molecule has 3 aromatic rings. The predicted octanol–water partition coefficient (Wildman–Crippen LogP) is 1.24. The maximum atomic E-state index is 12.1. The normalized spacial score (nSPS) is 10.9. The molecule has 0 aliphatic carbocycles. The first-order valence-electron chi connectivity index (χ1n) is 6.30. The lowest BCUT2D eigenvalue weighted by molar-refractivity contribution is 0.0951. The zero-order valence-electron chi connectivity index (χ0n) is 11.4. The second-order valence-corrected chi connectivity index (χ2v) is 4.76. The molecule has 3 rings (SSSR count). The van der Waals surface area contributed by atoms with E-state index in [4.69, 9.17) is 0 Å². The number of amides is 1. The number of hydrogen-bond donors (Lipinski definition) is 1. The van der Waals surface area contributed by atoms with Crippen molar-refractivity contribution >= 4 is 16.9 Å². The summed E-state index contributed by atoms with van der Waals surface area (Å²) in [6, 6.07) is 5.49. The van der Waals surface area contributed by atoms with Gasteiger partial charge in [-0.2, -0.15) is 5.10 Å². The number of imidazole rings is 1. The first-order chi connectivity index (χ1) is 9.63. The van der Waals surface area contributed by atoms with Gasteiger partial charge in [0.2, 0.25) is 0 Å². The standard InChI is InChI=1S/C14H15N5O/c1-18-9-16-12-4-3-11(5-13(12)18)14(20)15-6-10-7-17-19(2)8-10/h3-5,7-9H,6H2,1-2H3,(H,15,20). The summed E-state index contributed by atoms with van der Waals surface area (Å²) in [5.74, 6) is -0.100. The first-order valence-corrected chi connectivity index (χ1v) is 6.30. The molecule has 1 amide bonds. The Hall–Kier alpha value is -2.63. The van der Waals surface area contributed by atoms with Crippen LogP contribution in [0.15, 0.2) is 36.9 Å². The van der Waals surface area contributed by atoms with E-state index in [1.54, 1.807) is 23.3 Å². The third kappa shape index (κ3) is 2.27. The van der Waals surface area contributed by atoms with Crippen molar-refractivity contribution in [3.05, 3.63) is 48.0 Å². The second kappa shape index (κ2) is 4.80. The summed E-state index contributed by atoms with van der Waals surface area (Å²) in [6.45, 7) is 0.468. The van der Waals surface area contributed by atoms with Crippen molar-refractivity contribution in [3.63, 3.8) is 0 Å². The fourth-order valence-corrected chi connectivity index (χ4v) is 2.11. The van der Waals surface area contributed by atoms with Gasteiger partial charge in [0, 0.05) is 38.0 Å². The molecule has 102 valence electrons. The Bertz CT molecular complexity index is 771. The lowest BCUT2D eigenvalue weighted by Crippen LogP contribution is -2.22. The molecule has 20 heavy (non-hydrogen) atoms. The Morgan fingerprint density at radius 2 is 2.20 bits per heavy atom. The fourth-order valence-electron chi connectivity index (χ4n) is 2.11. The molecule has 6 heteroatoms. The molecule has 0 spiro atoms. The number of aryl methyl sites for hydroxylation is 2. The molecule has 0 aliphatic heterocycles. The Morgan fingerprint density at radius 3 is 2.95 bits per heavy atom. The number of benzene rings is 1. The molecule has 6 nitrogen and oxygen atoms in total. The summed E-state index contributed by atoms with van der Waals surface area (Å²) in [5.41, 5.74) is 3.43. The van der Waals surface area contributed by atoms with E-state index in [1.807, 2.05) is 37.0 Å². The van der Waals surface area contributed by atoms with Crippen molar-refractivity contribution in [3.8, 4) is 0 Å². The Labute approximate surface area is 116 Å². The van der Waals surface area contributed by atoms with Crippen molar-refractivity contribution < 1.29 is 4.79 Å². The third-order valence-corrected chi connectivity index (χ3v) is 3.20. The largest absolute Gasteiger partial charge is 0.348 e. The molecular formula is C14H15N5O. The maximum Gasteiger partial charge on any atom is 0.251 e. The molecule has 0 radical (unpaired) electrons. The lowest BCUT2D eigenvalue weighted by atomic mass is 10.2. The van der Waals surface area contributed by atoms with Crippen LogP contribution in [0.4, 0.5) is 0 Å². The van der Waals surface area contributed by atoms with E-state index in [1.165, 1.54) is 0 Å². The van der Waals surface area contributed by atoms with Crippen LogP contribution in [-0.2, 0) is 20.6 Å². The first kappa shape index (κ1) is 12.4. The monoisotopic (exact) mass is 269 g/mol. The van der Waals surface area contributed by atoms with Gasteiger partial charge in [0.05, 0.1) is 23.6 Å². The van der Waals surface area contributed by atoms with Gasteiger partial charge in [-0.05, 0) is 18.2 Å². The van der Waals surface area contributed by atoms with Gasteiger partial charge < -0.3 is 9.88 Å². The Balaban J connectivity index is 1.76. The van der Waals surface area contributed by atoms with Crippen molar-refractivity contribution in [1.29, 1.82) is 0 Å². The van der Waals surface area contributed by atoms with Gasteiger partial charge in [-0.1, -0.05) is 0 Å². The summed E-state index contributed by atoms with van der Waals surface area (Å²) in [4.78, 5) is 16.4. The van der Waals surface area contributed by atoms with Gasteiger partial charge in [0.1, 0.15) is 0 Å². The minimum Gasteiger partial charge on any atom is -0.348 e. The predicted molar refractivity (Wildman–Crippen MR) is 75.1 cm³/mol. The molecule has 0 fully saturated rings. The molecule has 0 unspecified atom stereocenters. The fraction of sp³-hybridized carbons (Fsp3) is 0.214. The highest BCUT2D eigenvalue weighted by Gasteiger charge is 2.08. The smallest absolute Gasteiger partial charge is 0.251 e. The van der Waals surface area contributed by atoms with Crippen LogP contribution >= 0.6 is 0 Å². The molecule has 1 N–H and O–H groups in total. The van der Waals surface area contributed by atoms with Gasteiger partial charge in [-0.25, -0.2) is 4.98 Å². The van der Waals surface area contributed by atoms with Gasteiger partial charge >= 0.3 is 0 Å². The highest BCUT2D eigenvalue weighted by molar-refractivity contribution is 5.97. The number of carbonyl (C=O) groups excluding carboxylic acids is 1. The number of hydrogen-bond acceptors (Lipinski definition) is 3. The van der Waals surface area contributed by atoms with Crippen LogP contribution in [0.5, 0.6) is 0 Å². The number of aromatic nitrogens is 4. The summed E-state index contributed by atoms with van der Waals surface area (Å²) >= 11 is 0. The van der Waals surface area contributed by atoms with Crippen molar-refractivity contribution in [2.75, 3.05) is 0 Å². The lowest BCUT2D eigenvalue weighted by Gasteiger charge is -2.04. The molecule has 0 atom stereocenters.